The van der Waals surface area contributed by atoms with Crippen molar-refractivity contribution in [2.24, 2.45) is 0 Å². The van der Waals surface area contributed by atoms with Gasteiger partial charge in [0.15, 0.2) is 11.5 Å². The number of thiophene rings is 1. The van der Waals surface area contributed by atoms with E-state index in [1.165, 1.54) is 11.1 Å². The van der Waals surface area contributed by atoms with E-state index >= 15 is 0 Å². The van der Waals surface area contributed by atoms with Gasteiger partial charge < -0.3 is 20.1 Å². The molecule has 1 aromatic heterocycles. The van der Waals surface area contributed by atoms with Gasteiger partial charge in [0.2, 0.25) is 6.79 Å². The largest absolute Gasteiger partial charge is 0.454 e. The lowest BCUT2D eigenvalue weighted by atomic mass is 9.97. The zero-order valence-corrected chi connectivity index (χ0v) is 18.9. The molecule has 33 heavy (non-hydrogen) atoms. The van der Waals surface area contributed by atoms with E-state index in [2.05, 4.69) is 51.2 Å². The summed E-state index contributed by atoms with van der Waals surface area (Å²) in [5.41, 5.74) is 4.69. The van der Waals surface area contributed by atoms with Crippen molar-refractivity contribution < 1.29 is 19.1 Å². The number of nitrogens with zero attached hydrogens (tertiary/aromatic N) is 1. The molecular weight excluding hydrogens is 438 g/mol. The fraction of sp³-hybridized carbons (Fsp3) is 0.280. The zero-order chi connectivity index (χ0) is 22.6. The third-order valence-corrected chi connectivity index (χ3v) is 6.78. The van der Waals surface area contributed by atoms with Crippen LogP contribution in [0.5, 0.6) is 11.5 Å². The molecule has 0 bridgehead atoms. The van der Waals surface area contributed by atoms with E-state index in [4.69, 9.17) is 9.47 Å². The van der Waals surface area contributed by atoms with Crippen molar-refractivity contribution in [2.45, 2.75) is 25.6 Å². The summed E-state index contributed by atoms with van der Waals surface area (Å²) in [5.74, 6) is 0.0460. The molecule has 8 heteroatoms. The van der Waals surface area contributed by atoms with Crippen LogP contribution in [0.1, 0.15) is 28.3 Å². The Balaban J connectivity index is 1.18. The Hall–Kier alpha value is -3.36. The van der Waals surface area contributed by atoms with E-state index in [1.807, 2.05) is 11.4 Å². The van der Waals surface area contributed by atoms with Gasteiger partial charge >= 0.3 is 11.8 Å². The van der Waals surface area contributed by atoms with Crippen LogP contribution in [-0.2, 0) is 29.1 Å². The lowest BCUT2D eigenvalue weighted by molar-refractivity contribution is -0.139. The number of fused-ring (bicyclic) bond motifs is 2. The van der Waals surface area contributed by atoms with Gasteiger partial charge in [-0.25, -0.2) is 0 Å². The third-order valence-electron chi connectivity index (χ3n) is 6.08. The van der Waals surface area contributed by atoms with Crippen LogP contribution in [0.25, 0.3) is 0 Å². The Morgan fingerprint density at radius 2 is 1.82 bits per heavy atom. The Morgan fingerprint density at radius 1 is 1.00 bits per heavy atom. The second-order valence-electron chi connectivity index (χ2n) is 8.14. The number of ether oxygens (including phenoxy) is 2. The fourth-order valence-electron chi connectivity index (χ4n) is 4.29. The molecule has 0 fully saturated rings. The molecule has 0 saturated heterocycles. The maximum absolute atomic E-state index is 12.5. The van der Waals surface area contributed by atoms with Gasteiger partial charge in [-0.2, -0.15) is 11.3 Å². The van der Waals surface area contributed by atoms with Crippen molar-refractivity contribution in [3.05, 3.63) is 81.5 Å². The maximum atomic E-state index is 12.5. The Kier molecular flexibility index (Phi) is 6.28. The Bertz CT molecular complexity index is 1150. The van der Waals surface area contributed by atoms with Gasteiger partial charge in [0.1, 0.15) is 0 Å². The number of rotatable bonds is 6. The molecule has 2 amide bonds. The standard InChI is InChI=1S/C25H25N3O4S/c29-24(26-12-17-5-6-22-23(11-17)32-16-31-22)25(30)27-13-21(20-8-10-33-15-20)28-9-7-18-3-1-2-4-19(18)14-28/h1-6,8,10-11,15,21H,7,9,12-14,16H2,(H,26,29)(H,27,30)/t21-/m1/s1. The summed E-state index contributed by atoms with van der Waals surface area (Å²) in [6.45, 7) is 2.53. The number of carbonyl (C=O) groups is 2. The minimum Gasteiger partial charge on any atom is -0.454 e. The summed E-state index contributed by atoms with van der Waals surface area (Å²) in [5, 5.41) is 9.67. The summed E-state index contributed by atoms with van der Waals surface area (Å²) in [6, 6.07) is 16.0. The van der Waals surface area contributed by atoms with E-state index in [1.54, 1.807) is 23.5 Å². The molecule has 170 valence electrons. The first-order chi connectivity index (χ1) is 16.2. The van der Waals surface area contributed by atoms with Gasteiger partial charge in [-0.05, 0) is 57.6 Å². The monoisotopic (exact) mass is 463 g/mol. The average Bonchev–Trinajstić information content (AvgIpc) is 3.54. The molecule has 1 atom stereocenters. The van der Waals surface area contributed by atoms with Crippen LogP contribution in [0.3, 0.4) is 0 Å². The van der Waals surface area contributed by atoms with Crippen molar-refractivity contribution in [3.8, 4) is 11.5 Å². The molecule has 3 aromatic rings. The Labute approximate surface area is 196 Å². The zero-order valence-electron chi connectivity index (χ0n) is 18.1. The summed E-state index contributed by atoms with van der Waals surface area (Å²) >= 11 is 1.63. The molecule has 7 nitrogen and oxygen atoms in total. The predicted octanol–water partition coefficient (Wildman–Crippen LogP) is 3.01. The highest BCUT2D eigenvalue weighted by molar-refractivity contribution is 7.08. The van der Waals surface area contributed by atoms with Gasteiger partial charge in [0, 0.05) is 26.2 Å². The van der Waals surface area contributed by atoms with Gasteiger partial charge in [-0.15, -0.1) is 0 Å². The maximum Gasteiger partial charge on any atom is 0.309 e. The van der Waals surface area contributed by atoms with Crippen LogP contribution < -0.4 is 20.1 Å². The first-order valence-corrected chi connectivity index (χ1v) is 11.9. The SMILES string of the molecule is O=C(NCc1ccc2c(c1)OCO2)C(=O)NC[C@H](c1ccsc1)N1CCc2ccccc2C1. The molecule has 0 saturated carbocycles. The normalized spacial score (nSPS) is 15.5. The molecule has 2 N–H and O–H groups in total. The summed E-state index contributed by atoms with van der Waals surface area (Å²) < 4.78 is 10.6. The number of amides is 2. The molecule has 3 heterocycles. The molecule has 0 radical (unpaired) electrons. The third kappa shape index (κ3) is 4.86. The smallest absolute Gasteiger partial charge is 0.309 e. The second kappa shape index (κ2) is 9.64. The van der Waals surface area contributed by atoms with Crippen molar-refractivity contribution in [1.29, 1.82) is 0 Å². The van der Waals surface area contributed by atoms with Gasteiger partial charge in [-0.3, -0.25) is 14.5 Å². The number of hydrogen-bond donors (Lipinski definition) is 2. The molecule has 0 spiro atoms. The van der Waals surface area contributed by atoms with Gasteiger partial charge in [0.05, 0.1) is 6.04 Å². The molecule has 2 aliphatic rings. The van der Waals surface area contributed by atoms with E-state index in [0.717, 1.165) is 30.6 Å². The van der Waals surface area contributed by atoms with Crippen LogP contribution >= 0.6 is 11.3 Å². The average molecular weight is 464 g/mol. The van der Waals surface area contributed by atoms with Gasteiger partial charge in [-0.1, -0.05) is 30.3 Å². The van der Waals surface area contributed by atoms with Crippen LogP contribution in [-0.4, -0.2) is 36.6 Å². The molecule has 2 aromatic carbocycles. The lowest BCUT2D eigenvalue weighted by Crippen LogP contribution is -2.45. The van der Waals surface area contributed by atoms with E-state index in [-0.39, 0.29) is 19.4 Å². The summed E-state index contributed by atoms with van der Waals surface area (Å²) in [7, 11) is 0. The van der Waals surface area contributed by atoms with Crippen molar-refractivity contribution >= 4 is 23.2 Å². The number of carbonyl (C=O) groups excluding carboxylic acids is 2. The highest BCUT2D eigenvalue weighted by Gasteiger charge is 2.26. The van der Waals surface area contributed by atoms with Crippen LogP contribution in [0, 0.1) is 0 Å². The molecule has 2 aliphatic heterocycles. The topological polar surface area (TPSA) is 79.9 Å². The van der Waals surface area contributed by atoms with Crippen LogP contribution in [0.2, 0.25) is 0 Å². The number of hydrogen-bond acceptors (Lipinski definition) is 6. The van der Waals surface area contributed by atoms with Crippen molar-refractivity contribution in [2.75, 3.05) is 19.9 Å². The van der Waals surface area contributed by atoms with E-state index in [0.29, 0.717) is 18.0 Å². The molecular formula is C25H25N3O4S. The van der Waals surface area contributed by atoms with Crippen molar-refractivity contribution in [1.82, 2.24) is 15.5 Å². The fourth-order valence-corrected chi connectivity index (χ4v) is 5.00. The minimum atomic E-state index is -0.652. The molecule has 5 rings (SSSR count). The van der Waals surface area contributed by atoms with Crippen molar-refractivity contribution in [3.63, 3.8) is 0 Å². The Morgan fingerprint density at radius 3 is 2.67 bits per heavy atom. The van der Waals surface area contributed by atoms with E-state index in [9.17, 15) is 9.59 Å². The van der Waals surface area contributed by atoms with Gasteiger partial charge in [0.25, 0.3) is 0 Å². The molecule has 0 unspecified atom stereocenters. The summed E-state index contributed by atoms with van der Waals surface area (Å²) in [6.07, 6.45) is 0.973. The number of benzene rings is 2. The number of nitrogens with one attached hydrogen (secondary N) is 2. The highest BCUT2D eigenvalue weighted by Crippen LogP contribution is 2.32. The van der Waals surface area contributed by atoms with Crippen LogP contribution in [0.15, 0.2) is 59.3 Å². The summed E-state index contributed by atoms with van der Waals surface area (Å²) in [4.78, 5) is 27.3. The second-order valence-corrected chi connectivity index (χ2v) is 8.92. The lowest BCUT2D eigenvalue weighted by Gasteiger charge is -2.35. The first kappa shape index (κ1) is 21.5. The highest BCUT2D eigenvalue weighted by atomic mass is 32.1. The first-order valence-electron chi connectivity index (χ1n) is 10.9. The van der Waals surface area contributed by atoms with E-state index < -0.39 is 11.8 Å². The predicted molar refractivity (Wildman–Crippen MR) is 125 cm³/mol. The quantitative estimate of drug-likeness (QED) is 0.550. The molecule has 0 aliphatic carbocycles. The van der Waals surface area contributed by atoms with Crippen LogP contribution in [0.4, 0.5) is 0 Å². The minimum absolute atomic E-state index is 0.00946.